The first kappa shape index (κ1) is 27.2. The van der Waals surface area contributed by atoms with E-state index in [2.05, 4.69) is 22.2 Å². The molecule has 2 aliphatic rings. The first-order chi connectivity index (χ1) is 18.9. The average molecular weight is 575 g/mol. The Kier molecular flexibility index (Phi) is 8.22. The minimum Gasteiger partial charge on any atom is -0.495 e. The molecule has 206 valence electrons. The zero-order valence-electron chi connectivity index (χ0n) is 21.5. The molecular weight excluding hydrogens is 547 g/mol. The van der Waals surface area contributed by atoms with Gasteiger partial charge in [-0.05, 0) is 18.6 Å². The third-order valence-electron chi connectivity index (χ3n) is 6.55. The largest absolute Gasteiger partial charge is 0.495 e. The molecule has 0 unspecified atom stereocenters. The SMILES string of the molecule is C=CC(=O)N[C@H]1COC[C@H]1Nc1ncc2cc(-c3c(Cl)c(OC)cc(OC)c3Cl)nc(N3CCCOC3)c2n1. The Morgan fingerprint density at radius 3 is 2.54 bits per heavy atom. The molecule has 2 aliphatic heterocycles. The summed E-state index contributed by atoms with van der Waals surface area (Å²) in [4.78, 5) is 28.1. The van der Waals surface area contributed by atoms with E-state index in [0.29, 0.717) is 76.6 Å². The van der Waals surface area contributed by atoms with E-state index in [9.17, 15) is 4.79 Å². The lowest BCUT2D eigenvalue weighted by Gasteiger charge is -2.29. The molecule has 0 bridgehead atoms. The smallest absolute Gasteiger partial charge is 0.243 e. The van der Waals surface area contributed by atoms with E-state index in [1.165, 1.54) is 20.3 Å². The maximum atomic E-state index is 11.8. The molecule has 2 atom stereocenters. The lowest BCUT2D eigenvalue weighted by molar-refractivity contribution is -0.117. The number of anilines is 2. The molecule has 2 aromatic heterocycles. The molecule has 5 rings (SSSR count). The van der Waals surface area contributed by atoms with Crippen LogP contribution in [0, 0.1) is 0 Å². The maximum Gasteiger partial charge on any atom is 0.243 e. The Balaban J connectivity index is 1.59. The predicted octanol–water partition coefficient (Wildman–Crippen LogP) is 3.68. The Morgan fingerprint density at radius 2 is 1.87 bits per heavy atom. The van der Waals surface area contributed by atoms with Gasteiger partial charge < -0.3 is 34.5 Å². The number of pyridine rings is 1. The molecule has 0 aliphatic carbocycles. The summed E-state index contributed by atoms with van der Waals surface area (Å²) in [6.45, 7) is 6.02. The molecule has 0 spiro atoms. The van der Waals surface area contributed by atoms with Gasteiger partial charge in [-0.3, -0.25) is 4.79 Å². The minimum atomic E-state index is -0.271. The highest BCUT2D eigenvalue weighted by Crippen LogP contribution is 2.46. The normalized spacial score (nSPS) is 19.1. The monoisotopic (exact) mass is 574 g/mol. The molecule has 0 saturated carbocycles. The van der Waals surface area contributed by atoms with Gasteiger partial charge in [0.25, 0.3) is 0 Å². The van der Waals surface area contributed by atoms with E-state index in [4.69, 9.17) is 52.1 Å². The van der Waals surface area contributed by atoms with Crippen LogP contribution in [-0.4, -0.2) is 80.3 Å². The van der Waals surface area contributed by atoms with Crippen LogP contribution in [0.5, 0.6) is 11.5 Å². The number of ether oxygens (including phenoxy) is 4. The molecule has 11 nitrogen and oxygen atoms in total. The van der Waals surface area contributed by atoms with Gasteiger partial charge in [0.2, 0.25) is 11.9 Å². The minimum absolute atomic E-state index is 0.220. The molecule has 13 heteroatoms. The quantitative estimate of drug-likeness (QED) is 0.385. The van der Waals surface area contributed by atoms with Crippen molar-refractivity contribution in [1.82, 2.24) is 20.3 Å². The summed E-state index contributed by atoms with van der Waals surface area (Å²) in [5, 5.41) is 7.50. The zero-order chi connectivity index (χ0) is 27.5. The van der Waals surface area contributed by atoms with Crippen molar-refractivity contribution >= 4 is 51.8 Å². The van der Waals surface area contributed by atoms with Crippen LogP contribution in [0.15, 0.2) is 31.0 Å². The van der Waals surface area contributed by atoms with Crippen molar-refractivity contribution in [3.05, 3.63) is 41.0 Å². The van der Waals surface area contributed by atoms with Crippen molar-refractivity contribution in [2.45, 2.75) is 18.5 Å². The van der Waals surface area contributed by atoms with Gasteiger partial charge in [0.15, 0.2) is 5.82 Å². The molecule has 2 saturated heterocycles. The van der Waals surface area contributed by atoms with Gasteiger partial charge >= 0.3 is 0 Å². The second kappa shape index (κ2) is 11.8. The zero-order valence-corrected chi connectivity index (χ0v) is 23.0. The molecular formula is C26H28Cl2N6O5. The van der Waals surface area contributed by atoms with Crippen LogP contribution in [-0.2, 0) is 14.3 Å². The highest BCUT2D eigenvalue weighted by molar-refractivity contribution is 6.41. The Hall–Kier alpha value is -3.38. The van der Waals surface area contributed by atoms with Crippen molar-refractivity contribution in [1.29, 1.82) is 0 Å². The van der Waals surface area contributed by atoms with Crippen LogP contribution < -0.4 is 25.0 Å². The molecule has 3 aromatic rings. The summed E-state index contributed by atoms with van der Waals surface area (Å²) in [5.74, 6) is 1.52. The third-order valence-corrected chi connectivity index (χ3v) is 7.30. The predicted molar refractivity (Wildman–Crippen MR) is 149 cm³/mol. The number of amides is 1. The summed E-state index contributed by atoms with van der Waals surface area (Å²) < 4.78 is 22.2. The van der Waals surface area contributed by atoms with Gasteiger partial charge in [0, 0.05) is 29.8 Å². The second-order valence-corrected chi connectivity index (χ2v) is 9.76. The van der Waals surface area contributed by atoms with E-state index in [0.717, 1.165) is 18.4 Å². The van der Waals surface area contributed by atoms with E-state index >= 15 is 0 Å². The van der Waals surface area contributed by atoms with Gasteiger partial charge in [-0.25, -0.2) is 15.0 Å². The molecule has 2 fully saturated rings. The lowest BCUT2D eigenvalue weighted by Crippen LogP contribution is -2.45. The number of halogens is 2. The maximum absolute atomic E-state index is 11.8. The number of benzene rings is 1. The Bertz CT molecular complexity index is 1370. The fraction of sp³-hybridized carbons (Fsp3) is 0.385. The van der Waals surface area contributed by atoms with Crippen molar-refractivity contribution in [3.8, 4) is 22.8 Å². The first-order valence-electron chi connectivity index (χ1n) is 12.3. The summed E-state index contributed by atoms with van der Waals surface area (Å²) in [6.07, 6.45) is 3.77. The van der Waals surface area contributed by atoms with E-state index in [1.54, 1.807) is 12.3 Å². The first-order valence-corrected chi connectivity index (χ1v) is 13.1. The van der Waals surface area contributed by atoms with Crippen LogP contribution in [0.25, 0.3) is 22.2 Å². The van der Waals surface area contributed by atoms with Gasteiger partial charge in [0.05, 0.1) is 61.9 Å². The molecule has 2 N–H and O–H groups in total. The molecule has 0 radical (unpaired) electrons. The van der Waals surface area contributed by atoms with Gasteiger partial charge in [-0.2, -0.15) is 0 Å². The van der Waals surface area contributed by atoms with Crippen LogP contribution in [0.4, 0.5) is 11.8 Å². The van der Waals surface area contributed by atoms with Crippen molar-refractivity contribution in [2.75, 3.05) is 57.5 Å². The van der Waals surface area contributed by atoms with Gasteiger partial charge in [-0.1, -0.05) is 29.8 Å². The molecule has 1 aromatic carbocycles. The fourth-order valence-electron chi connectivity index (χ4n) is 4.56. The topological polar surface area (TPSA) is 120 Å². The number of aromatic nitrogens is 3. The number of nitrogens with one attached hydrogen (secondary N) is 2. The summed E-state index contributed by atoms with van der Waals surface area (Å²) in [7, 11) is 3.04. The standard InChI is InChI=1S/C26H28Cl2N6O5/c1-4-20(35)30-16-11-39-12-17(16)32-26-29-10-14-8-15(21-22(27)18(36-2)9-19(37-3)23(21)28)31-25(24(14)33-26)34-6-5-7-38-13-34/h4,8-10,16-17H,1,5-7,11-13H2,2-3H3,(H,30,35)(H,29,32,33)/t16-,17+/m0/s1. The Labute approximate surface area is 235 Å². The van der Waals surface area contributed by atoms with Crippen LogP contribution in [0.2, 0.25) is 10.0 Å². The van der Waals surface area contributed by atoms with E-state index in [-0.39, 0.29) is 18.0 Å². The summed E-state index contributed by atoms with van der Waals surface area (Å²) >= 11 is 13.4. The van der Waals surface area contributed by atoms with Crippen molar-refractivity contribution < 1.29 is 23.7 Å². The highest BCUT2D eigenvalue weighted by atomic mass is 35.5. The van der Waals surface area contributed by atoms with Crippen LogP contribution in [0.1, 0.15) is 6.42 Å². The Morgan fingerprint density at radius 1 is 1.13 bits per heavy atom. The molecule has 1 amide bonds. The second-order valence-electron chi connectivity index (χ2n) is 9.01. The van der Waals surface area contributed by atoms with E-state index < -0.39 is 0 Å². The molecule has 4 heterocycles. The fourth-order valence-corrected chi connectivity index (χ4v) is 5.26. The third kappa shape index (κ3) is 5.53. The number of fused-ring (bicyclic) bond motifs is 1. The van der Waals surface area contributed by atoms with Crippen LogP contribution >= 0.6 is 23.2 Å². The van der Waals surface area contributed by atoms with Crippen LogP contribution in [0.3, 0.4) is 0 Å². The van der Waals surface area contributed by atoms with Gasteiger partial charge in [0.1, 0.15) is 23.7 Å². The number of hydrogen-bond acceptors (Lipinski definition) is 10. The highest BCUT2D eigenvalue weighted by Gasteiger charge is 2.30. The number of carbonyl (C=O) groups excluding carboxylic acids is 1. The summed E-state index contributed by atoms with van der Waals surface area (Å²) in [5.41, 5.74) is 1.60. The number of rotatable bonds is 8. The number of hydrogen-bond donors (Lipinski definition) is 2. The molecule has 39 heavy (non-hydrogen) atoms. The van der Waals surface area contributed by atoms with Crippen molar-refractivity contribution in [3.63, 3.8) is 0 Å². The number of nitrogens with zero attached hydrogens (tertiary/aromatic N) is 4. The summed E-state index contributed by atoms with van der Waals surface area (Å²) in [6, 6.07) is 2.98. The number of carbonyl (C=O) groups is 1. The van der Waals surface area contributed by atoms with Gasteiger partial charge in [-0.15, -0.1) is 0 Å². The lowest BCUT2D eigenvalue weighted by atomic mass is 10.1. The van der Waals surface area contributed by atoms with E-state index in [1.807, 2.05) is 11.0 Å². The number of methoxy groups -OCH3 is 2. The average Bonchev–Trinajstić information content (AvgIpc) is 3.39. The van der Waals surface area contributed by atoms with Crippen molar-refractivity contribution in [2.24, 2.45) is 0 Å².